The van der Waals surface area contributed by atoms with Gasteiger partial charge in [-0.1, -0.05) is 30.0 Å². The highest BCUT2D eigenvalue weighted by Crippen LogP contribution is 2.19. The van der Waals surface area contributed by atoms with Gasteiger partial charge in [-0.3, -0.25) is 4.79 Å². The Labute approximate surface area is 153 Å². The van der Waals surface area contributed by atoms with E-state index in [9.17, 15) is 9.18 Å². The SMILES string of the molecule is O=C1CSC(=NN=Cc2ccc3c(ccn3Cc3ccc(F)cc3)c2)N1. The van der Waals surface area contributed by atoms with Crippen molar-refractivity contribution in [1.29, 1.82) is 0 Å². The van der Waals surface area contributed by atoms with E-state index in [1.54, 1.807) is 18.3 Å². The second-order valence-corrected chi connectivity index (χ2v) is 6.84. The van der Waals surface area contributed by atoms with Crippen molar-refractivity contribution in [3.8, 4) is 0 Å². The van der Waals surface area contributed by atoms with Crippen LogP contribution in [-0.4, -0.2) is 27.6 Å². The summed E-state index contributed by atoms with van der Waals surface area (Å²) in [6.45, 7) is 0.682. The highest BCUT2D eigenvalue weighted by Gasteiger charge is 2.15. The van der Waals surface area contributed by atoms with Gasteiger partial charge in [0.15, 0.2) is 5.17 Å². The number of rotatable bonds is 4. The molecule has 0 aliphatic carbocycles. The van der Waals surface area contributed by atoms with Crippen molar-refractivity contribution in [2.24, 2.45) is 10.2 Å². The number of hydrogen-bond donors (Lipinski definition) is 1. The van der Waals surface area contributed by atoms with Crippen LogP contribution in [0.15, 0.2) is 64.9 Å². The Morgan fingerprint density at radius 3 is 2.81 bits per heavy atom. The summed E-state index contributed by atoms with van der Waals surface area (Å²) in [5.41, 5.74) is 3.06. The minimum atomic E-state index is -0.228. The number of amides is 1. The van der Waals surface area contributed by atoms with Crippen molar-refractivity contribution in [3.63, 3.8) is 0 Å². The molecule has 0 unspecified atom stereocenters. The van der Waals surface area contributed by atoms with Gasteiger partial charge in [-0.15, -0.1) is 5.10 Å². The molecular weight excluding hydrogens is 351 g/mol. The molecule has 3 aromatic rings. The Morgan fingerprint density at radius 1 is 1.19 bits per heavy atom. The lowest BCUT2D eigenvalue weighted by atomic mass is 10.1. The summed E-state index contributed by atoms with van der Waals surface area (Å²) in [7, 11) is 0. The van der Waals surface area contributed by atoms with Crippen LogP contribution in [-0.2, 0) is 11.3 Å². The summed E-state index contributed by atoms with van der Waals surface area (Å²) in [6.07, 6.45) is 3.68. The molecule has 1 aromatic heterocycles. The van der Waals surface area contributed by atoms with Gasteiger partial charge < -0.3 is 9.88 Å². The number of amidine groups is 1. The van der Waals surface area contributed by atoms with E-state index in [-0.39, 0.29) is 11.7 Å². The van der Waals surface area contributed by atoms with Crippen molar-refractivity contribution in [2.75, 3.05) is 5.75 Å². The van der Waals surface area contributed by atoms with Gasteiger partial charge in [0.25, 0.3) is 0 Å². The van der Waals surface area contributed by atoms with Crippen molar-refractivity contribution in [1.82, 2.24) is 9.88 Å². The Bertz CT molecular complexity index is 1020. The molecule has 7 heteroatoms. The molecule has 130 valence electrons. The Morgan fingerprint density at radius 2 is 2.04 bits per heavy atom. The van der Waals surface area contributed by atoms with Crippen molar-refractivity contribution >= 4 is 40.0 Å². The third-order valence-electron chi connectivity index (χ3n) is 4.00. The molecule has 1 fully saturated rings. The zero-order valence-corrected chi connectivity index (χ0v) is 14.5. The Balaban J connectivity index is 1.51. The molecule has 5 nitrogen and oxygen atoms in total. The van der Waals surface area contributed by atoms with Crippen LogP contribution in [0.5, 0.6) is 0 Å². The third kappa shape index (κ3) is 3.67. The molecule has 0 bridgehead atoms. The lowest BCUT2D eigenvalue weighted by Gasteiger charge is -2.06. The first-order chi connectivity index (χ1) is 12.7. The van der Waals surface area contributed by atoms with Crippen LogP contribution < -0.4 is 5.32 Å². The summed E-state index contributed by atoms with van der Waals surface area (Å²) in [5, 5.41) is 12.3. The molecule has 1 amide bonds. The van der Waals surface area contributed by atoms with E-state index in [1.165, 1.54) is 23.9 Å². The molecule has 1 N–H and O–H groups in total. The van der Waals surface area contributed by atoms with E-state index in [2.05, 4.69) is 20.1 Å². The number of fused-ring (bicyclic) bond motifs is 1. The van der Waals surface area contributed by atoms with Gasteiger partial charge >= 0.3 is 0 Å². The van der Waals surface area contributed by atoms with E-state index in [4.69, 9.17) is 0 Å². The van der Waals surface area contributed by atoms with Gasteiger partial charge in [0.05, 0.1) is 12.0 Å². The molecule has 1 aliphatic heterocycles. The summed E-state index contributed by atoms with van der Waals surface area (Å²) < 4.78 is 15.2. The van der Waals surface area contributed by atoms with E-state index in [1.807, 2.05) is 30.5 Å². The topological polar surface area (TPSA) is 58.8 Å². The average Bonchev–Trinajstić information content (AvgIpc) is 3.23. The monoisotopic (exact) mass is 366 g/mol. The molecule has 0 radical (unpaired) electrons. The molecular formula is C19H15FN4OS. The minimum absolute atomic E-state index is 0.0483. The van der Waals surface area contributed by atoms with Gasteiger partial charge in [0.1, 0.15) is 5.82 Å². The number of benzene rings is 2. The van der Waals surface area contributed by atoms with Crippen LogP contribution in [0.4, 0.5) is 4.39 Å². The summed E-state index contributed by atoms with van der Waals surface area (Å²) in [6, 6.07) is 14.6. The lowest BCUT2D eigenvalue weighted by molar-refractivity contribution is -0.116. The first kappa shape index (κ1) is 16.5. The number of thioether (sulfide) groups is 1. The van der Waals surface area contributed by atoms with E-state index in [0.717, 1.165) is 22.0 Å². The Kier molecular flexibility index (Phi) is 4.53. The molecule has 4 rings (SSSR count). The molecule has 26 heavy (non-hydrogen) atoms. The van der Waals surface area contributed by atoms with Crippen LogP contribution >= 0.6 is 11.8 Å². The number of nitrogens with zero attached hydrogens (tertiary/aromatic N) is 3. The number of carbonyl (C=O) groups is 1. The molecule has 1 aliphatic rings. The number of hydrogen-bond acceptors (Lipinski definition) is 4. The quantitative estimate of drug-likeness (QED) is 0.568. The smallest absolute Gasteiger partial charge is 0.236 e. The van der Waals surface area contributed by atoms with Crippen LogP contribution in [0.2, 0.25) is 0 Å². The molecule has 0 atom stereocenters. The minimum Gasteiger partial charge on any atom is -0.343 e. The summed E-state index contributed by atoms with van der Waals surface area (Å²) >= 11 is 1.34. The maximum absolute atomic E-state index is 13.0. The maximum atomic E-state index is 13.0. The van der Waals surface area contributed by atoms with E-state index >= 15 is 0 Å². The van der Waals surface area contributed by atoms with Crippen molar-refractivity contribution < 1.29 is 9.18 Å². The van der Waals surface area contributed by atoms with E-state index < -0.39 is 0 Å². The van der Waals surface area contributed by atoms with E-state index in [0.29, 0.717) is 17.5 Å². The van der Waals surface area contributed by atoms with Crippen LogP contribution in [0, 0.1) is 5.82 Å². The number of aromatic nitrogens is 1. The third-order valence-corrected chi connectivity index (χ3v) is 4.87. The summed E-state index contributed by atoms with van der Waals surface area (Å²) in [5.74, 6) is 0.115. The highest BCUT2D eigenvalue weighted by molar-refractivity contribution is 8.15. The van der Waals surface area contributed by atoms with Gasteiger partial charge in [0, 0.05) is 23.6 Å². The number of nitrogens with one attached hydrogen (secondary N) is 1. The van der Waals surface area contributed by atoms with Gasteiger partial charge in [-0.25, -0.2) is 4.39 Å². The molecule has 0 saturated carbocycles. The normalized spacial score (nSPS) is 16.0. The lowest BCUT2D eigenvalue weighted by Crippen LogP contribution is -2.19. The first-order valence-electron chi connectivity index (χ1n) is 8.04. The average molecular weight is 366 g/mol. The van der Waals surface area contributed by atoms with Crippen molar-refractivity contribution in [2.45, 2.75) is 6.54 Å². The molecule has 2 aromatic carbocycles. The van der Waals surface area contributed by atoms with Gasteiger partial charge in [0.2, 0.25) is 5.91 Å². The molecule has 0 spiro atoms. The molecule has 2 heterocycles. The number of halogens is 1. The fourth-order valence-corrected chi connectivity index (χ4v) is 3.38. The maximum Gasteiger partial charge on any atom is 0.236 e. The predicted octanol–water partition coefficient (Wildman–Crippen LogP) is 3.38. The number of carbonyl (C=O) groups excluding carboxylic acids is 1. The fraction of sp³-hybridized carbons (Fsp3) is 0.105. The molecule has 1 saturated heterocycles. The second-order valence-electron chi connectivity index (χ2n) is 5.87. The van der Waals surface area contributed by atoms with Gasteiger partial charge in [-0.2, -0.15) is 5.10 Å². The standard InChI is InChI=1S/C19H15FN4OS/c20-16-4-1-13(2-5-16)11-24-8-7-15-9-14(3-6-17(15)24)10-21-23-19-22-18(25)12-26-19/h1-10H,11-12H2,(H,22,23,25). The Hall–Kier alpha value is -2.93. The highest BCUT2D eigenvalue weighted by atomic mass is 32.2. The largest absolute Gasteiger partial charge is 0.343 e. The first-order valence-corrected chi connectivity index (χ1v) is 9.03. The van der Waals surface area contributed by atoms with Crippen LogP contribution in [0.3, 0.4) is 0 Å². The zero-order valence-electron chi connectivity index (χ0n) is 13.7. The van der Waals surface area contributed by atoms with Crippen molar-refractivity contribution in [3.05, 3.63) is 71.7 Å². The predicted molar refractivity (Wildman–Crippen MR) is 103 cm³/mol. The zero-order chi connectivity index (χ0) is 17.9. The van der Waals surface area contributed by atoms with Crippen LogP contribution in [0.1, 0.15) is 11.1 Å². The van der Waals surface area contributed by atoms with Gasteiger partial charge in [-0.05, 0) is 41.5 Å². The fourth-order valence-electron chi connectivity index (χ4n) is 2.75. The second kappa shape index (κ2) is 7.13. The van der Waals surface area contributed by atoms with Crippen LogP contribution in [0.25, 0.3) is 10.9 Å². The summed E-state index contributed by atoms with van der Waals surface area (Å²) in [4.78, 5) is 11.1.